The van der Waals surface area contributed by atoms with Gasteiger partial charge < -0.3 is 10.5 Å². The molecule has 2 rings (SSSR count). The molecule has 0 bridgehead atoms. The van der Waals surface area contributed by atoms with Gasteiger partial charge in [-0.25, -0.2) is 8.78 Å². The van der Waals surface area contributed by atoms with Gasteiger partial charge in [0.1, 0.15) is 17.3 Å². The van der Waals surface area contributed by atoms with E-state index in [2.05, 4.69) is 4.98 Å². The zero-order chi connectivity index (χ0) is 14.9. The molecule has 0 saturated carbocycles. The molecule has 0 atom stereocenters. The van der Waals surface area contributed by atoms with Crippen LogP contribution in [-0.4, -0.2) is 10.8 Å². The van der Waals surface area contributed by atoms with Crippen molar-refractivity contribution in [3.8, 4) is 11.5 Å². The Labute approximate surface area is 114 Å². The molecule has 0 radical (unpaired) electrons. The van der Waals surface area contributed by atoms with Crippen LogP contribution in [0.5, 0.6) is 11.5 Å². The Morgan fingerprint density at radius 1 is 1.20 bits per heavy atom. The molecule has 1 heterocycles. The summed E-state index contributed by atoms with van der Waals surface area (Å²) < 4.78 is 31.5. The highest BCUT2D eigenvalue weighted by Crippen LogP contribution is 2.28. The number of pyridine rings is 1. The van der Waals surface area contributed by atoms with Gasteiger partial charge in [0.2, 0.25) is 0 Å². The Balaban J connectivity index is 2.47. The first-order valence-electron chi connectivity index (χ1n) is 5.84. The van der Waals surface area contributed by atoms with Crippen LogP contribution >= 0.6 is 0 Å². The molecule has 0 aliphatic carbocycles. The summed E-state index contributed by atoms with van der Waals surface area (Å²) in [6.45, 7) is 3.46. The third-order valence-electron chi connectivity index (χ3n) is 2.68. The van der Waals surface area contributed by atoms with Gasteiger partial charge in [0.05, 0.1) is 11.3 Å². The molecular formula is C14H13F2N3O. The lowest BCUT2D eigenvalue weighted by atomic mass is 10.1. The lowest BCUT2D eigenvalue weighted by Crippen LogP contribution is -2.15. The van der Waals surface area contributed by atoms with Gasteiger partial charge in [-0.15, -0.1) is 0 Å². The summed E-state index contributed by atoms with van der Waals surface area (Å²) in [5.74, 6) is -1.75. The first-order chi connectivity index (χ1) is 9.38. The average molecular weight is 277 g/mol. The van der Waals surface area contributed by atoms with Crippen LogP contribution in [0.4, 0.5) is 8.78 Å². The fourth-order valence-electron chi connectivity index (χ4n) is 1.87. The predicted molar refractivity (Wildman–Crippen MR) is 71.2 cm³/mol. The largest absolute Gasteiger partial charge is 0.456 e. The standard InChI is InChI=1S/C14H13F2N3O/c1-7-5-12(13(14(17)18)8(2)19-7)20-9-3-4-10(15)11(16)6-9/h3-6H,1-2H3,(H3,17,18). The number of halogens is 2. The normalized spacial score (nSPS) is 10.4. The summed E-state index contributed by atoms with van der Waals surface area (Å²) in [7, 11) is 0. The number of nitrogen functional groups attached to an aromatic ring is 1. The minimum Gasteiger partial charge on any atom is -0.456 e. The van der Waals surface area contributed by atoms with Crippen molar-refractivity contribution >= 4 is 5.84 Å². The van der Waals surface area contributed by atoms with Crippen LogP contribution < -0.4 is 10.5 Å². The van der Waals surface area contributed by atoms with Crippen molar-refractivity contribution in [3.05, 3.63) is 52.9 Å². The number of amidine groups is 1. The molecule has 0 unspecified atom stereocenters. The van der Waals surface area contributed by atoms with E-state index in [0.29, 0.717) is 17.0 Å². The summed E-state index contributed by atoms with van der Waals surface area (Å²) >= 11 is 0. The number of nitrogens with one attached hydrogen (secondary N) is 1. The highest BCUT2D eigenvalue weighted by atomic mass is 19.2. The number of hydrogen-bond acceptors (Lipinski definition) is 3. The SMILES string of the molecule is Cc1cc(Oc2ccc(F)c(F)c2)c(C(=N)N)c(C)n1. The number of hydrogen-bond donors (Lipinski definition) is 2. The second-order valence-electron chi connectivity index (χ2n) is 4.31. The topological polar surface area (TPSA) is 72.0 Å². The van der Waals surface area contributed by atoms with E-state index in [9.17, 15) is 8.78 Å². The Hall–Kier alpha value is -2.50. The monoisotopic (exact) mass is 277 g/mol. The maximum Gasteiger partial charge on any atom is 0.162 e. The Morgan fingerprint density at radius 2 is 1.90 bits per heavy atom. The minimum atomic E-state index is -1.01. The number of aromatic nitrogens is 1. The Bertz CT molecular complexity index is 686. The molecule has 1 aromatic heterocycles. The molecule has 0 aliphatic heterocycles. The van der Waals surface area contributed by atoms with Gasteiger partial charge in [-0.2, -0.15) is 0 Å². The van der Waals surface area contributed by atoms with Crippen molar-refractivity contribution in [1.82, 2.24) is 4.98 Å². The highest BCUT2D eigenvalue weighted by molar-refractivity contribution is 5.98. The van der Waals surface area contributed by atoms with E-state index in [1.165, 1.54) is 6.07 Å². The van der Waals surface area contributed by atoms with Crippen LogP contribution in [0, 0.1) is 30.9 Å². The van der Waals surface area contributed by atoms with Crippen LogP contribution in [0.2, 0.25) is 0 Å². The van der Waals surface area contributed by atoms with E-state index >= 15 is 0 Å². The number of nitrogens with zero attached hydrogens (tertiary/aromatic N) is 1. The number of aryl methyl sites for hydroxylation is 2. The van der Waals surface area contributed by atoms with E-state index in [1.807, 2.05) is 0 Å². The molecule has 0 amide bonds. The van der Waals surface area contributed by atoms with Crippen molar-refractivity contribution in [3.63, 3.8) is 0 Å². The fourth-order valence-corrected chi connectivity index (χ4v) is 1.87. The molecule has 0 fully saturated rings. The molecule has 2 aromatic rings. The molecule has 0 saturated heterocycles. The summed E-state index contributed by atoms with van der Waals surface area (Å²) in [6.07, 6.45) is 0. The van der Waals surface area contributed by atoms with Crippen LogP contribution in [0.3, 0.4) is 0 Å². The fraction of sp³-hybridized carbons (Fsp3) is 0.143. The van der Waals surface area contributed by atoms with Crippen molar-refractivity contribution in [2.45, 2.75) is 13.8 Å². The number of benzene rings is 1. The second-order valence-corrected chi connectivity index (χ2v) is 4.31. The summed E-state index contributed by atoms with van der Waals surface area (Å²) in [4.78, 5) is 4.19. The Morgan fingerprint density at radius 3 is 2.50 bits per heavy atom. The highest BCUT2D eigenvalue weighted by Gasteiger charge is 2.14. The molecule has 4 nitrogen and oxygen atoms in total. The van der Waals surface area contributed by atoms with Gasteiger partial charge >= 0.3 is 0 Å². The molecule has 20 heavy (non-hydrogen) atoms. The average Bonchev–Trinajstić information content (AvgIpc) is 2.32. The maximum atomic E-state index is 13.2. The zero-order valence-corrected chi connectivity index (χ0v) is 11.0. The summed E-state index contributed by atoms with van der Waals surface area (Å²) in [5.41, 5.74) is 7.04. The predicted octanol–water partition coefficient (Wildman–Crippen LogP) is 3.05. The van der Waals surface area contributed by atoms with Crippen LogP contribution in [0.15, 0.2) is 24.3 Å². The molecule has 0 spiro atoms. The molecule has 1 aromatic carbocycles. The minimum absolute atomic E-state index is 0.122. The third-order valence-corrected chi connectivity index (χ3v) is 2.68. The third kappa shape index (κ3) is 2.74. The van der Waals surface area contributed by atoms with Crippen molar-refractivity contribution in [1.29, 1.82) is 5.41 Å². The van der Waals surface area contributed by atoms with E-state index in [-0.39, 0.29) is 17.3 Å². The maximum absolute atomic E-state index is 13.2. The van der Waals surface area contributed by atoms with Gasteiger partial charge in [-0.3, -0.25) is 10.4 Å². The number of nitrogens with two attached hydrogens (primary N) is 1. The lowest BCUT2D eigenvalue weighted by molar-refractivity contribution is 0.459. The zero-order valence-electron chi connectivity index (χ0n) is 11.0. The quantitative estimate of drug-likeness (QED) is 0.669. The Kier molecular flexibility index (Phi) is 3.65. The smallest absolute Gasteiger partial charge is 0.162 e. The van der Waals surface area contributed by atoms with Gasteiger partial charge in [-0.05, 0) is 26.0 Å². The number of rotatable bonds is 3. The first kappa shape index (κ1) is 13.9. The first-order valence-corrected chi connectivity index (χ1v) is 5.84. The van der Waals surface area contributed by atoms with Crippen LogP contribution in [0.1, 0.15) is 17.0 Å². The van der Waals surface area contributed by atoms with Crippen LogP contribution in [-0.2, 0) is 0 Å². The lowest BCUT2D eigenvalue weighted by Gasteiger charge is -2.13. The molecule has 104 valence electrons. The molecule has 3 N–H and O–H groups in total. The van der Waals surface area contributed by atoms with E-state index in [1.54, 1.807) is 19.9 Å². The van der Waals surface area contributed by atoms with E-state index in [4.69, 9.17) is 15.9 Å². The second kappa shape index (κ2) is 5.24. The van der Waals surface area contributed by atoms with E-state index in [0.717, 1.165) is 12.1 Å². The summed E-state index contributed by atoms with van der Waals surface area (Å²) in [5, 5.41) is 7.55. The molecule has 6 heteroatoms. The van der Waals surface area contributed by atoms with Crippen molar-refractivity contribution < 1.29 is 13.5 Å². The van der Waals surface area contributed by atoms with Gasteiger partial charge in [0.15, 0.2) is 11.6 Å². The molecular weight excluding hydrogens is 264 g/mol. The van der Waals surface area contributed by atoms with Gasteiger partial charge in [-0.1, -0.05) is 0 Å². The molecule has 0 aliphatic rings. The van der Waals surface area contributed by atoms with Crippen LogP contribution in [0.25, 0.3) is 0 Å². The van der Waals surface area contributed by atoms with Crippen molar-refractivity contribution in [2.75, 3.05) is 0 Å². The summed E-state index contributed by atoms with van der Waals surface area (Å²) in [6, 6.07) is 4.79. The van der Waals surface area contributed by atoms with Crippen molar-refractivity contribution in [2.24, 2.45) is 5.73 Å². The van der Waals surface area contributed by atoms with Gasteiger partial charge in [0.25, 0.3) is 0 Å². The van der Waals surface area contributed by atoms with Gasteiger partial charge in [0, 0.05) is 17.8 Å². The van der Waals surface area contributed by atoms with E-state index < -0.39 is 11.6 Å². The number of ether oxygens (including phenoxy) is 1.